The summed E-state index contributed by atoms with van der Waals surface area (Å²) in [4.78, 5) is 29.7. The molecule has 3 aromatic heterocycles. The van der Waals surface area contributed by atoms with Crippen LogP contribution >= 0.6 is 0 Å². The molecule has 0 atom stereocenters. The first-order valence-corrected chi connectivity index (χ1v) is 12.3. The number of nitrogens with zero attached hydrogens (tertiary/aromatic N) is 3. The number of imidazole rings is 1. The molecule has 1 amide bonds. The summed E-state index contributed by atoms with van der Waals surface area (Å²) < 4.78 is 40.3. The van der Waals surface area contributed by atoms with E-state index in [9.17, 15) is 18.4 Å². The predicted molar refractivity (Wildman–Crippen MR) is 142 cm³/mol. The van der Waals surface area contributed by atoms with Gasteiger partial charge in [-0.2, -0.15) is 5.10 Å². The van der Waals surface area contributed by atoms with Crippen molar-refractivity contribution in [1.29, 1.82) is 0 Å². The number of methoxy groups -OCH3 is 1. The molecule has 11 heteroatoms. The van der Waals surface area contributed by atoms with E-state index in [1.807, 2.05) is 31.2 Å². The number of halogens is 2. The molecule has 0 bridgehead atoms. The number of aromatic amines is 1. The van der Waals surface area contributed by atoms with Crippen molar-refractivity contribution in [2.75, 3.05) is 7.11 Å². The van der Waals surface area contributed by atoms with Gasteiger partial charge in [0.1, 0.15) is 29.6 Å². The molecule has 9 nitrogen and oxygen atoms in total. The summed E-state index contributed by atoms with van der Waals surface area (Å²) in [5.74, 6) is -2.05. The minimum atomic E-state index is -0.708. The van der Waals surface area contributed by atoms with Crippen molar-refractivity contribution in [2.45, 2.75) is 27.0 Å². The lowest BCUT2D eigenvalue weighted by Gasteiger charge is -2.12. The van der Waals surface area contributed by atoms with E-state index in [-0.39, 0.29) is 36.1 Å². The molecule has 2 N–H and O–H groups in total. The van der Waals surface area contributed by atoms with Gasteiger partial charge in [-0.15, -0.1) is 0 Å². The molecule has 204 valence electrons. The average molecular weight is 546 g/mol. The molecule has 0 saturated heterocycles. The van der Waals surface area contributed by atoms with E-state index >= 15 is 0 Å². The summed E-state index contributed by atoms with van der Waals surface area (Å²) in [5.41, 5.74) is 3.90. The monoisotopic (exact) mass is 545 g/mol. The number of aryl methyl sites for hydroxylation is 2. The SMILES string of the molecule is COC(=O)c1cc(-c2ccccc2CNC(=O)c2c(C)nc3c(OCc4c(F)cccc4F)cc(C)cn23)n[nH]1. The van der Waals surface area contributed by atoms with Crippen LogP contribution in [0, 0.1) is 25.5 Å². The quantitative estimate of drug-likeness (QED) is 0.268. The number of benzene rings is 2. The van der Waals surface area contributed by atoms with Crippen molar-refractivity contribution in [3.05, 3.63) is 106 Å². The Balaban J connectivity index is 1.39. The fourth-order valence-electron chi connectivity index (χ4n) is 4.42. The first-order chi connectivity index (χ1) is 19.3. The molecule has 2 aromatic carbocycles. The number of aromatic nitrogens is 4. The van der Waals surface area contributed by atoms with Crippen molar-refractivity contribution >= 4 is 17.5 Å². The Hall–Kier alpha value is -5.06. The van der Waals surface area contributed by atoms with Crippen LogP contribution in [0.5, 0.6) is 5.75 Å². The molecule has 0 spiro atoms. The van der Waals surface area contributed by atoms with Gasteiger partial charge in [0.25, 0.3) is 5.91 Å². The second-order valence-electron chi connectivity index (χ2n) is 9.11. The van der Waals surface area contributed by atoms with E-state index in [1.165, 1.54) is 13.2 Å². The van der Waals surface area contributed by atoms with Crippen molar-refractivity contribution in [1.82, 2.24) is 24.9 Å². The Bertz CT molecular complexity index is 1720. The van der Waals surface area contributed by atoms with Crippen LogP contribution in [0.2, 0.25) is 0 Å². The topological polar surface area (TPSA) is 111 Å². The van der Waals surface area contributed by atoms with E-state index in [0.29, 0.717) is 22.7 Å². The molecule has 0 fully saturated rings. The number of amides is 1. The Morgan fingerprint density at radius 1 is 1.05 bits per heavy atom. The predicted octanol–water partition coefficient (Wildman–Crippen LogP) is 4.92. The molecule has 5 aromatic rings. The molecule has 40 heavy (non-hydrogen) atoms. The molecule has 0 aliphatic heterocycles. The highest BCUT2D eigenvalue weighted by atomic mass is 19.1. The van der Waals surface area contributed by atoms with Crippen LogP contribution in [0.1, 0.15) is 43.4 Å². The van der Waals surface area contributed by atoms with E-state index < -0.39 is 17.6 Å². The lowest BCUT2D eigenvalue weighted by Crippen LogP contribution is -2.25. The number of pyridine rings is 1. The van der Waals surface area contributed by atoms with Gasteiger partial charge >= 0.3 is 5.97 Å². The van der Waals surface area contributed by atoms with Gasteiger partial charge in [-0.3, -0.25) is 14.3 Å². The third-order valence-electron chi connectivity index (χ3n) is 6.36. The van der Waals surface area contributed by atoms with Crippen LogP contribution in [-0.4, -0.2) is 38.6 Å². The smallest absolute Gasteiger partial charge is 0.356 e. The summed E-state index contributed by atoms with van der Waals surface area (Å²) in [6.45, 7) is 3.34. The Labute approximate surface area is 227 Å². The second kappa shape index (κ2) is 11.0. The maximum Gasteiger partial charge on any atom is 0.356 e. The summed E-state index contributed by atoms with van der Waals surface area (Å²) >= 11 is 0. The molecule has 0 radical (unpaired) electrons. The number of nitrogens with one attached hydrogen (secondary N) is 2. The zero-order valence-corrected chi connectivity index (χ0v) is 21.9. The van der Waals surface area contributed by atoms with Crippen LogP contribution in [0.3, 0.4) is 0 Å². The van der Waals surface area contributed by atoms with E-state index in [1.54, 1.807) is 29.7 Å². The van der Waals surface area contributed by atoms with Crippen LogP contribution in [-0.2, 0) is 17.9 Å². The van der Waals surface area contributed by atoms with Gasteiger partial charge in [0.05, 0.1) is 24.1 Å². The summed E-state index contributed by atoms with van der Waals surface area (Å²) in [6, 6.07) is 14.3. The van der Waals surface area contributed by atoms with Gasteiger partial charge in [-0.25, -0.2) is 18.6 Å². The number of H-pyrrole nitrogens is 1. The largest absolute Gasteiger partial charge is 0.485 e. The number of rotatable bonds is 8. The number of ether oxygens (including phenoxy) is 2. The standard InChI is InChI=1S/C29H25F2N5O4/c1-16-11-25(40-15-20-21(30)9-6-10-22(20)31)27-33-17(2)26(36(27)14-16)28(37)32-13-18-7-4-5-8-19(18)23-12-24(35-34-23)29(38)39-3/h4-12,14H,13,15H2,1-3H3,(H,32,37)(H,34,35). The van der Waals surface area contributed by atoms with Crippen molar-refractivity contribution in [3.63, 3.8) is 0 Å². The summed E-state index contributed by atoms with van der Waals surface area (Å²) in [7, 11) is 1.29. The average Bonchev–Trinajstić information content (AvgIpc) is 3.56. The van der Waals surface area contributed by atoms with E-state index in [4.69, 9.17) is 9.47 Å². The van der Waals surface area contributed by atoms with E-state index in [0.717, 1.165) is 28.8 Å². The van der Waals surface area contributed by atoms with Gasteiger partial charge in [0, 0.05) is 18.3 Å². The molecule has 0 unspecified atom stereocenters. The maximum absolute atomic E-state index is 14.1. The van der Waals surface area contributed by atoms with Crippen LogP contribution < -0.4 is 10.1 Å². The van der Waals surface area contributed by atoms with Gasteiger partial charge in [0.15, 0.2) is 11.4 Å². The third kappa shape index (κ3) is 5.13. The van der Waals surface area contributed by atoms with Gasteiger partial charge in [0.2, 0.25) is 0 Å². The maximum atomic E-state index is 14.1. The van der Waals surface area contributed by atoms with Crippen molar-refractivity contribution in [3.8, 4) is 17.0 Å². The molecule has 5 rings (SSSR count). The third-order valence-corrected chi connectivity index (χ3v) is 6.36. The number of hydrogen-bond donors (Lipinski definition) is 2. The minimum Gasteiger partial charge on any atom is -0.485 e. The number of fused-ring (bicyclic) bond motifs is 1. The molecular formula is C29H25F2N5O4. The number of hydrogen-bond acceptors (Lipinski definition) is 6. The summed E-state index contributed by atoms with van der Waals surface area (Å²) in [6.07, 6.45) is 1.74. The van der Waals surface area contributed by atoms with Crippen LogP contribution in [0.4, 0.5) is 8.78 Å². The normalized spacial score (nSPS) is 11.0. The Morgan fingerprint density at radius 3 is 2.55 bits per heavy atom. The summed E-state index contributed by atoms with van der Waals surface area (Å²) in [5, 5.41) is 9.79. The van der Waals surface area contributed by atoms with Gasteiger partial charge in [-0.1, -0.05) is 30.3 Å². The van der Waals surface area contributed by atoms with Gasteiger partial charge < -0.3 is 14.8 Å². The van der Waals surface area contributed by atoms with Crippen molar-refractivity contribution < 1.29 is 27.8 Å². The molecular weight excluding hydrogens is 520 g/mol. The first kappa shape index (κ1) is 26.5. The lowest BCUT2D eigenvalue weighted by atomic mass is 10.0. The fraction of sp³-hybridized carbons (Fsp3) is 0.172. The Kier molecular flexibility index (Phi) is 7.28. The number of carbonyl (C=O) groups is 2. The lowest BCUT2D eigenvalue weighted by molar-refractivity contribution is 0.0594. The Morgan fingerprint density at radius 2 is 1.80 bits per heavy atom. The highest BCUT2D eigenvalue weighted by Gasteiger charge is 2.21. The van der Waals surface area contributed by atoms with Gasteiger partial charge in [-0.05, 0) is 49.2 Å². The zero-order chi connectivity index (χ0) is 28.4. The number of carbonyl (C=O) groups excluding carboxylic acids is 2. The molecule has 3 heterocycles. The van der Waals surface area contributed by atoms with Crippen LogP contribution in [0.25, 0.3) is 16.9 Å². The van der Waals surface area contributed by atoms with Crippen molar-refractivity contribution in [2.24, 2.45) is 0 Å². The molecule has 0 aliphatic rings. The highest BCUT2D eigenvalue weighted by molar-refractivity contribution is 5.95. The minimum absolute atomic E-state index is 0.170. The highest BCUT2D eigenvalue weighted by Crippen LogP contribution is 2.27. The molecule has 0 saturated carbocycles. The van der Waals surface area contributed by atoms with E-state index in [2.05, 4.69) is 20.5 Å². The number of esters is 1. The zero-order valence-electron chi connectivity index (χ0n) is 21.9. The molecule has 0 aliphatic carbocycles. The second-order valence-corrected chi connectivity index (χ2v) is 9.11. The fourth-order valence-corrected chi connectivity index (χ4v) is 4.42. The van der Waals surface area contributed by atoms with Crippen LogP contribution in [0.15, 0.2) is 60.8 Å². The first-order valence-electron chi connectivity index (χ1n) is 12.3.